The predicted octanol–water partition coefficient (Wildman–Crippen LogP) is 3.89. The molecule has 0 aromatic carbocycles. The van der Waals surface area contributed by atoms with Gasteiger partial charge in [-0.15, -0.1) is 0 Å². The van der Waals surface area contributed by atoms with Gasteiger partial charge in [0.25, 0.3) is 0 Å². The fourth-order valence-electron chi connectivity index (χ4n) is 3.24. The fraction of sp³-hybridized carbons (Fsp3) is 0.435. The quantitative estimate of drug-likeness (QED) is 0.550. The Morgan fingerprint density at radius 3 is 1.95 bits per heavy atom. The van der Waals surface area contributed by atoms with E-state index in [1.807, 2.05) is 41.7 Å². The number of nitrogens with zero attached hydrogens (tertiary/aromatic N) is 4. The molecule has 9 nitrogen and oxygen atoms in total. The molecule has 2 aromatic heterocycles. The monoisotopic (exact) mass is 550 g/mol. The zero-order valence-corrected chi connectivity index (χ0v) is 19.7. The molecule has 2 aromatic rings. The second-order valence-electron chi connectivity index (χ2n) is 8.33. The molecule has 1 saturated carbocycles. The molecule has 1 amide bonds. The molecule has 1 aliphatic carbocycles. The summed E-state index contributed by atoms with van der Waals surface area (Å²) in [6.07, 6.45) is -1.56. The molecule has 0 bridgehead atoms. The number of carbonyl (C=O) groups is 3. The summed E-state index contributed by atoms with van der Waals surface area (Å²) in [5, 5.41) is 14.2. The first-order chi connectivity index (χ1) is 17.7. The number of pyridine rings is 2. The van der Waals surface area contributed by atoms with Crippen LogP contribution in [0.4, 0.5) is 32.2 Å². The number of aliphatic carboxylic acids is 2. The SMILES string of the molecule is O=C(CC1CC1)N1CCN(Cc2ccncc2)c2ncccc2C1.O=C(O)C(F)(F)F.O=C(O)C(F)(F)F. The van der Waals surface area contributed by atoms with Crippen LogP contribution in [0, 0.1) is 5.92 Å². The second kappa shape index (κ2) is 13.1. The van der Waals surface area contributed by atoms with Gasteiger partial charge in [0.05, 0.1) is 0 Å². The highest BCUT2D eigenvalue weighted by Crippen LogP contribution is 2.33. The van der Waals surface area contributed by atoms with E-state index in [9.17, 15) is 31.1 Å². The topological polar surface area (TPSA) is 124 Å². The van der Waals surface area contributed by atoms with Gasteiger partial charge in [0.15, 0.2) is 0 Å². The van der Waals surface area contributed by atoms with Gasteiger partial charge < -0.3 is 20.0 Å². The van der Waals surface area contributed by atoms with Crippen LogP contribution >= 0.6 is 0 Å². The molecular formula is C23H24F6N4O5. The minimum Gasteiger partial charge on any atom is -0.475 e. The van der Waals surface area contributed by atoms with Gasteiger partial charge >= 0.3 is 24.3 Å². The van der Waals surface area contributed by atoms with Crippen molar-refractivity contribution in [2.45, 2.75) is 44.7 Å². The van der Waals surface area contributed by atoms with E-state index in [0.717, 1.165) is 31.0 Å². The standard InChI is InChI=1S/C19H22N4O.2C2HF3O2/c24-18(12-15-3-4-15)22-10-11-23(13-16-5-8-20-9-6-16)19-17(14-22)2-1-7-21-19;2*3-2(4,5)1(6)7/h1-2,5-9,15H,3-4,10-14H2;2*(H,6,7). The lowest BCUT2D eigenvalue weighted by Crippen LogP contribution is -2.35. The number of halogens is 6. The molecule has 208 valence electrons. The molecule has 1 fully saturated rings. The van der Waals surface area contributed by atoms with Crippen molar-refractivity contribution in [2.24, 2.45) is 5.92 Å². The van der Waals surface area contributed by atoms with Crippen molar-refractivity contribution in [3.05, 3.63) is 54.0 Å². The Morgan fingerprint density at radius 1 is 0.895 bits per heavy atom. The van der Waals surface area contributed by atoms with Crippen molar-refractivity contribution in [1.29, 1.82) is 0 Å². The van der Waals surface area contributed by atoms with Crippen LogP contribution in [-0.2, 0) is 27.5 Å². The van der Waals surface area contributed by atoms with Gasteiger partial charge in [-0.25, -0.2) is 14.6 Å². The number of carboxylic acids is 2. The van der Waals surface area contributed by atoms with E-state index in [4.69, 9.17) is 19.8 Å². The van der Waals surface area contributed by atoms with Gasteiger partial charge in [-0.1, -0.05) is 6.07 Å². The second-order valence-corrected chi connectivity index (χ2v) is 8.33. The van der Waals surface area contributed by atoms with Crippen LogP contribution < -0.4 is 4.90 Å². The average Bonchev–Trinajstić information content (AvgIpc) is 3.66. The van der Waals surface area contributed by atoms with Crippen LogP contribution in [0.2, 0.25) is 0 Å². The molecule has 0 spiro atoms. The normalized spacial score (nSPS) is 15.1. The summed E-state index contributed by atoms with van der Waals surface area (Å²) in [5.74, 6) is -3.60. The highest BCUT2D eigenvalue weighted by molar-refractivity contribution is 5.77. The van der Waals surface area contributed by atoms with Crippen molar-refractivity contribution >= 4 is 23.7 Å². The minimum absolute atomic E-state index is 0.290. The van der Waals surface area contributed by atoms with Crippen LogP contribution in [0.25, 0.3) is 0 Å². The third kappa shape index (κ3) is 10.2. The largest absolute Gasteiger partial charge is 0.490 e. The number of carboxylic acid groups (broad SMARTS) is 2. The van der Waals surface area contributed by atoms with E-state index >= 15 is 0 Å². The molecular weight excluding hydrogens is 526 g/mol. The first-order valence-electron chi connectivity index (χ1n) is 11.1. The van der Waals surface area contributed by atoms with E-state index < -0.39 is 24.3 Å². The van der Waals surface area contributed by atoms with E-state index in [1.54, 1.807) is 0 Å². The van der Waals surface area contributed by atoms with E-state index in [1.165, 1.54) is 18.4 Å². The number of hydrogen-bond acceptors (Lipinski definition) is 6. The van der Waals surface area contributed by atoms with Gasteiger partial charge in [0, 0.05) is 56.8 Å². The zero-order valence-electron chi connectivity index (χ0n) is 19.7. The molecule has 0 atom stereocenters. The van der Waals surface area contributed by atoms with Gasteiger partial charge in [0.1, 0.15) is 5.82 Å². The number of hydrogen-bond donors (Lipinski definition) is 2. The molecule has 1 aliphatic heterocycles. The summed E-state index contributed by atoms with van der Waals surface area (Å²) in [6.45, 7) is 3.02. The Morgan fingerprint density at radius 2 is 1.45 bits per heavy atom. The highest BCUT2D eigenvalue weighted by Gasteiger charge is 2.39. The van der Waals surface area contributed by atoms with E-state index in [2.05, 4.69) is 20.9 Å². The van der Waals surface area contributed by atoms with Gasteiger partial charge in [-0.3, -0.25) is 9.78 Å². The van der Waals surface area contributed by atoms with E-state index in [0.29, 0.717) is 18.9 Å². The van der Waals surface area contributed by atoms with Gasteiger partial charge in [0.2, 0.25) is 5.91 Å². The number of alkyl halides is 6. The third-order valence-corrected chi connectivity index (χ3v) is 5.29. The Balaban J connectivity index is 0.000000301. The summed E-state index contributed by atoms with van der Waals surface area (Å²) < 4.78 is 63.5. The number of rotatable bonds is 4. The summed E-state index contributed by atoms with van der Waals surface area (Å²) in [4.78, 5) is 43.3. The Labute approximate surface area is 212 Å². The van der Waals surface area contributed by atoms with Crippen molar-refractivity contribution in [1.82, 2.24) is 14.9 Å². The zero-order chi connectivity index (χ0) is 28.5. The Kier molecular flexibility index (Phi) is 10.4. The molecule has 2 aliphatic rings. The molecule has 4 rings (SSSR count). The number of aromatic nitrogens is 2. The fourth-order valence-corrected chi connectivity index (χ4v) is 3.24. The van der Waals surface area contributed by atoms with Crippen molar-refractivity contribution < 1.29 is 50.9 Å². The minimum atomic E-state index is -5.08. The smallest absolute Gasteiger partial charge is 0.475 e. The van der Waals surface area contributed by atoms with Crippen LogP contribution in [0.1, 0.15) is 30.4 Å². The molecule has 38 heavy (non-hydrogen) atoms. The Hall–Kier alpha value is -3.91. The maximum Gasteiger partial charge on any atom is 0.490 e. The lowest BCUT2D eigenvalue weighted by atomic mass is 10.2. The van der Waals surface area contributed by atoms with Crippen LogP contribution in [0.15, 0.2) is 42.9 Å². The maximum atomic E-state index is 12.6. The van der Waals surface area contributed by atoms with Crippen molar-refractivity contribution in [3.63, 3.8) is 0 Å². The van der Waals surface area contributed by atoms with Gasteiger partial charge in [-0.2, -0.15) is 26.3 Å². The lowest BCUT2D eigenvalue weighted by Gasteiger charge is -2.24. The predicted molar refractivity (Wildman–Crippen MR) is 120 cm³/mol. The molecule has 0 radical (unpaired) electrons. The molecule has 0 saturated heterocycles. The lowest BCUT2D eigenvalue weighted by molar-refractivity contribution is -0.193. The molecule has 3 heterocycles. The Bertz CT molecular complexity index is 1070. The summed E-state index contributed by atoms with van der Waals surface area (Å²) >= 11 is 0. The number of amides is 1. The maximum absolute atomic E-state index is 12.6. The average molecular weight is 550 g/mol. The third-order valence-electron chi connectivity index (χ3n) is 5.29. The van der Waals surface area contributed by atoms with Crippen molar-refractivity contribution in [2.75, 3.05) is 18.0 Å². The van der Waals surface area contributed by atoms with Crippen LogP contribution in [-0.4, -0.2) is 68.4 Å². The summed E-state index contributed by atoms with van der Waals surface area (Å²) in [5.41, 5.74) is 2.34. The number of carbonyl (C=O) groups excluding carboxylic acids is 1. The first-order valence-corrected chi connectivity index (χ1v) is 11.1. The summed E-state index contributed by atoms with van der Waals surface area (Å²) in [7, 11) is 0. The summed E-state index contributed by atoms with van der Waals surface area (Å²) in [6, 6.07) is 8.11. The molecule has 0 unspecified atom stereocenters. The van der Waals surface area contributed by atoms with Gasteiger partial charge in [-0.05, 0) is 42.5 Å². The van der Waals surface area contributed by atoms with Crippen LogP contribution in [0.5, 0.6) is 0 Å². The van der Waals surface area contributed by atoms with Crippen LogP contribution in [0.3, 0.4) is 0 Å². The number of anilines is 1. The van der Waals surface area contributed by atoms with E-state index in [-0.39, 0.29) is 5.91 Å². The molecule has 2 N–H and O–H groups in total. The number of fused-ring (bicyclic) bond motifs is 1. The highest BCUT2D eigenvalue weighted by atomic mass is 19.4. The first kappa shape index (κ1) is 30.3. The van der Waals surface area contributed by atoms with Crippen molar-refractivity contribution in [3.8, 4) is 0 Å². The molecule has 15 heteroatoms.